The number of carboxylic acid groups (broad SMARTS) is 1. The molecule has 116 valence electrons. The zero-order valence-electron chi connectivity index (χ0n) is 12.0. The highest BCUT2D eigenvalue weighted by molar-refractivity contribution is 5.90. The quantitative estimate of drug-likeness (QED) is 0.806. The molecule has 0 radical (unpaired) electrons. The molecule has 0 atom stereocenters. The molecule has 0 saturated carbocycles. The van der Waals surface area contributed by atoms with Gasteiger partial charge in [0.05, 0.1) is 29.3 Å². The van der Waals surface area contributed by atoms with Crippen LogP contribution >= 0.6 is 0 Å². The fraction of sp³-hybridized carbons (Fsp3) is 0.0625. The first-order valence-corrected chi connectivity index (χ1v) is 6.62. The lowest BCUT2D eigenvalue weighted by molar-refractivity contribution is 0.0697. The van der Waals surface area contributed by atoms with Gasteiger partial charge in [-0.25, -0.2) is 13.6 Å². The van der Waals surface area contributed by atoms with Crippen LogP contribution in [0.25, 0.3) is 22.5 Å². The standard InChI is InChI=1S/C16H11F2N3O2/c1-21-8-10(16(22)23)3-14(21)15-13(4-12(18)7-20-15)9-2-11(17)6-19-5-9/h2-8H,1H3,(H,22,23). The van der Waals surface area contributed by atoms with Crippen molar-refractivity contribution in [3.8, 4) is 22.5 Å². The van der Waals surface area contributed by atoms with Crippen molar-refractivity contribution in [1.29, 1.82) is 0 Å². The molecule has 3 heterocycles. The van der Waals surface area contributed by atoms with Crippen molar-refractivity contribution in [3.63, 3.8) is 0 Å². The number of aromatic carboxylic acids is 1. The van der Waals surface area contributed by atoms with Crippen LogP contribution in [-0.4, -0.2) is 25.6 Å². The van der Waals surface area contributed by atoms with Gasteiger partial charge in [0.2, 0.25) is 0 Å². The van der Waals surface area contributed by atoms with E-state index in [1.165, 1.54) is 30.6 Å². The number of hydrogen-bond donors (Lipinski definition) is 1. The van der Waals surface area contributed by atoms with Gasteiger partial charge in [-0.1, -0.05) is 0 Å². The van der Waals surface area contributed by atoms with Crippen molar-refractivity contribution in [1.82, 2.24) is 14.5 Å². The zero-order valence-corrected chi connectivity index (χ0v) is 12.0. The molecule has 3 aromatic heterocycles. The van der Waals surface area contributed by atoms with Gasteiger partial charge in [0.1, 0.15) is 11.6 Å². The average molecular weight is 315 g/mol. The minimum absolute atomic E-state index is 0.0805. The summed E-state index contributed by atoms with van der Waals surface area (Å²) < 4.78 is 28.6. The summed E-state index contributed by atoms with van der Waals surface area (Å²) in [6.45, 7) is 0. The summed E-state index contributed by atoms with van der Waals surface area (Å²) in [6, 6.07) is 3.86. The first-order chi connectivity index (χ1) is 11.0. The predicted molar refractivity (Wildman–Crippen MR) is 78.8 cm³/mol. The molecule has 0 amide bonds. The monoisotopic (exact) mass is 315 g/mol. The molecule has 7 heteroatoms. The molecule has 0 spiro atoms. The van der Waals surface area contributed by atoms with E-state index in [-0.39, 0.29) is 5.56 Å². The van der Waals surface area contributed by atoms with Crippen molar-refractivity contribution in [2.24, 2.45) is 7.05 Å². The molecule has 3 rings (SSSR count). The summed E-state index contributed by atoms with van der Waals surface area (Å²) >= 11 is 0. The third-order valence-electron chi connectivity index (χ3n) is 3.36. The third-order valence-corrected chi connectivity index (χ3v) is 3.36. The van der Waals surface area contributed by atoms with Gasteiger partial charge >= 0.3 is 5.97 Å². The van der Waals surface area contributed by atoms with E-state index in [0.29, 0.717) is 22.5 Å². The zero-order chi connectivity index (χ0) is 16.6. The number of carboxylic acids is 1. The summed E-state index contributed by atoms with van der Waals surface area (Å²) in [7, 11) is 1.65. The second-order valence-corrected chi connectivity index (χ2v) is 4.97. The largest absolute Gasteiger partial charge is 0.478 e. The topological polar surface area (TPSA) is 68.0 Å². The Morgan fingerprint density at radius 3 is 2.52 bits per heavy atom. The minimum Gasteiger partial charge on any atom is -0.478 e. The number of halogens is 2. The van der Waals surface area contributed by atoms with E-state index in [9.17, 15) is 13.6 Å². The van der Waals surface area contributed by atoms with Gasteiger partial charge in [0, 0.05) is 30.6 Å². The fourth-order valence-electron chi connectivity index (χ4n) is 2.34. The highest BCUT2D eigenvalue weighted by atomic mass is 19.1. The van der Waals surface area contributed by atoms with Gasteiger partial charge in [-0.2, -0.15) is 0 Å². The number of nitrogens with zero attached hydrogens (tertiary/aromatic N) is 3. The van der Waals surface area contributed by atoms with Crippen LogP contribution in [-0.2, 0) is 7.05 Å². The van der Waals surface area contributed by atoms with E-state index >= 15 is 0 Å². The van der Waals surface area contributed by atoms with Crippen LogP contribution < -0.4 is 0 Å². The highest BCUT2D eigenvalue weighted by Crippen LogP contribution is 2.31. The van der Waals surface area contributed by atoms with Crippen LogP contribution in [0.2, 0.25) is 0 Å². The van der Waals surface area contributed by atoms with Gasteiger partial charge in [0.25, 0.3) is 0 Å². The molecule has 0 aliphatic carbocycles. The molecule has 0 fully saturated rings. The van der Waals surface area contributed by atoms with E-state index in [1.54, 1.807) is 11.6 Å². The molecule has 0 bridgehead atoms. The number of aryl methyl sites for hydroxylation is 1. The van der Waals surface area contributed by atoms with E-state index in [1.807, 2.05) is 0 Å². The van der Waals surface area contributed by atoms with Gasteiger partial charge in [-0.3, -0.25) is 9.97 Å². The number of rotatable bonds is 3. The Balaban J connectivity index is 2.23. The second-order valence-electron chi connectivity index (χ2n) is 4.97. The Morgan fingerprint density at radius 2 is 1.87 bits per heavy atom. The van der Waals surface area contributed by atoms with E-state index in [2.05, 4.69) is 9.97 Å². The van der Waals surface area contributed by atoms with Crippen LogP contribution in [0.4, 0.5) is 8.78 Å². The second kappa shape index (κ2) is 5.60. The summed E-state index contributed by atoms with van der Waals surface area (Å²) in [5.41, 5.74) is 1.58. The first-order valence-electron chi connectivity index (χ1n) is 6.62. The molecule has 3 aromatic rings. The molecular weight excluding hydrogens is 304 g/mol. The summed E-state index contributed by atoms with van der Waals surface area (Å²) in [5.74, 6) is -2.22. The maximum atomic E-state index is 13.6. The number of hydrogen-bond acceptors (Lipinski definition) is 3. The summed E-state index contributed by atoms with van der Waals surface area (Å²) in [4.78, 5) is 18.9. The van der Waals surface area contributed by atoms with Crippen LogP contribution in [0.5, 0.6) is 0 Å². The smallest absolute Gasteiger partial charge is 0.337 e. The normalized spacial score (nSPS) is 10.7. The molecule has 23 heavy (non-hydrogen) atoms. The van der Waals surface area contributed by atoms with Crippen molar-refractivity contribution in [2.75, 3.05) is 0 Å². The average Bonchev–Trinajstić information content (AvgIpc) is 2.89. The molecule has 0 aromatic carbocycles. The van der Waals surface area contributed by atoms with Crippen molar-refractivity contribution >= 4 is 5.97 Å². The fourth-order valence-corrected chi connectivity index (χ4v) is 2.34. The van der Waals surface area contributed by atoms with Crippen molar-refractivity contribution in [2.45, 2.75) is 0 Å². The molecule has 0 aliphatic rings. The van der Waals surface area contributed by atoms with Crippen LogP contribution in [0, 0.1) is 11.6 Å². The molecule has 5 nitrogen and oxygen atoms in total. The Labute approximate surface area is 129 Å². The van der Waals surface area contributed by atoms with Gasteiger partial charge in [-0.05, 0) is 18.2 Å². The molecule has 0 unspecified atom stereocenters. The Bertz CT molecular complexity index is 906. The number of pyridine rings is 2. The van der Waals surface area contributed by atoms with E-state index < -0.39 is 17.6 Å². The maximum absolute atomic E-state index is 13.6. The molecular formula is C16H11F2N3O2. The van der Waals surface area contributed by atoms with E-state index in [0.717, 1.165) is 12.4 Å². The Hall–Kier alpha value is -3.09. The minimum atomic E-state index is -1.08. The van der Waals surface area contributed by atoms with E-state index in [4.69, 9.17) is 5.11 Å². The Kier molecular flexibility index (Phi) is 3.61. The SMILES string of the molecule is Cn1cc(C(=O)O)cc1-c1ncc(F)cc1-c1cncc(F)c1. The maximum Gasteiger partial charge on any atom is 0.337 e. The van der Waals surface area contributed by atoms with Crippen LogP contribution in [0.3, 0.4) is 0 Å². The van der Waals surface area contributed by atoms with Crippen molar-refractivity contribution < 1.29 is 18.7 Å². The summed E-state index contributed by atoms with van der Waals surface area (Å²) in [5, 5.41) is 9.08. The van der Waals surface area contributed by atoms with Crippen molar-refractivity contribution in [3.05, 3.63) is 60.2 Å². The van der Waals surface area contributed by atoms with Crippen LogP contribution in [0.1, 0.15) is 10.4 Å². The lowest BCUT2D eigenvalue weighted by Gasteiger charge is -2.10. The third kappa shape index (κ3) is 2.80. The molecule has 0 saturated heterocycles. The number of aromatic nitrogens is 3. The van der Waals surface area contributed by atoms with Gasteiger partial charge in [0.15, 0.2) is 0 Å². The Morgan fingerprint density at radius 1 is 1.13 bits per heavy atom. The number of carbonyl (C=O) groups is 1. The summed E-state index contributed by atoms with van der Waals surface area (Å²) in [6.07, 6.45) is 4.89. The first kappa shape index (κ1) is 14.8. The molecule has 1 N–H and O–H groups in total. The molecule has 0 aliphatic heterocycles. The van der Waals surface area contributed by atoms with Gasteiger partial charge < -0.3 is 9.67 Å². The van der Waals surface area contributed by atoms with Crippen LogP contribution in [0.15, 0.2) is 43.0 Å². The lowest BCUT2D eigenvalue weighted by atomic mass is 10.0. The predicted octanol–water partition coefficient (Wildman–Crippen LogP) is 3.13. The highest BCUT2D eigenvalue weighted by Gasteiger charge is 2.17. The van der Waals surface area contributed by atoms with Gasteiger partial charge in [-0.15, -0.1) is 0 Å². The lowest BCUT2D eigenvalue weighted by Crippen LogP contribution is -1.97.